The number of hydrogen-bond donors (Lipinski definition) is 1. The predicted octanol–water partition coefficient (Wildman–Crippen LogP) is 2.78. The van der Waals surface area contributed by atoms with Crippen LogP contribution in [0.1, 0.15) is 12.0 Å². The van der Waals surface area contributed by atoms with Crippen LogP contribution in [0.4, 0.5) is 10.1 Å². The van der Waals surface area contributed by atoms with E-state index in [2.05, 4.69) is 5.32 Å². The minimum Gasteiger partial charge on any atom is -0.489 e. The fraction of sp³-hybridized carbons (Fsp3) is 0.278. The van der Waals surface area contributed by atoms with Crippen LogP contribution in [0.15, 0.2) is 48.5 Å². The molecule has 3 rings (SSSR count). The van der Waals surface area contributed by atoms with Gasteiger partial charge in [-0.05, 0) is 36.2 Å². The molecule has 7 heteroatoms. The molecule has 1 heterocycles. The summed E-state index contributed by atoms with van der Waals surface area (Å²) in [5.41, 5.74) is 1.38. The standard InChI is InChI=1S/C18H18FNO4S/c19-15-4-2-6-17(10-15)24-11-13-3-1-5-16(9-13)20-18(21)14-7-8-25(22,23)12-14/h1-6,9-10,14H,7-8,11-12H2,(H,20,21). The first-order valence-corrected chi connectivity index (χ1v) is 9.72. The molecular formula is C18H18FNO4S. The van der Waals surface area contributed by atoms with Gasteiger partial charge in [-0.2, -0.15) is 0 Å². The second-order valence-electron chi connectivity index (χ2n) is 6.04. The number of amides is 1. The van der Waals surface area contributed by atoms with Crippen molar-refractivity contribution in [1.82, 2.24) is 0 Å². The van der Waals surface area contributed by atoms with E-state index in [1.807, 2.05) is 6.07 Å². The Bertz CT molecular complexity index is 882. The summed E-state index contributed by atoms with van der Waals surface area (Å²) in [4.78, 5) is 12.2. The van der Waals surface area contributed by atoms with Crippen LogP contribution in [0.25, 0.3) is 0 Å². The van der Waals surface area contributed by atoms with E-state index in [0.29, 0.717) is 17.9 Å². The summed E-state index contributed by atoms with van der Waals surface area (Å²) in [6, 6.07) is 12.9. The number of carbonyl (C=O) groups is 1. The molecule has 2 aromatic rings. The molecule has 0 bridgehead atoms. The fourth-order valence-corrected chi connectivity index (χ4v) is 4.45. The van der Waals surface area contributed by atoms with Crippen molar-refractivity contribution in [1.29, 1.82) is 0 Å². The lowest BCUT2D eigenvalue weighted by molar-refractivity contribution is -0.119. The summed E-state index contributed by atoms with van der Waals surface area (Å²) in [6.45, 7) is 0.227. The van der Waals surface area contributed by atoms with Crippen molar-refractivity contribution in [2.24, 2.45) is 5.92 Å². The third kappa shape index (κ3) is 4.79. The molecule has 0 aliphatic carbocycles. The molecule has 0 spiro atoms. The average Bonchev–Trinajstić information content (AvgIpc) is 2.94. The second-order valence-corrected chi connectivity index (χ2v) is 8.26. The number of rotatable bonds is 5. The Morgan fingerprint density at radius 2 is 2.00 bits per heavy atom. The molecule has 25 heavy (non-hydrogen) atoms. The summed E-state index contributed by atoms with van der Waals surface area (Å²) in [5.74, 6) is -0.773. The number of halogens is 1. The largest absolute Gasteiger partial charge is 0.489 e. The minimum atomic E-state index is -3.10. The SMILES string of the molecule is O=C(Nc1cccc(COc2cccc(F)c2)c1)C1CCS(=O)(=O)C1. The molecule has 1 amide bonds. The summed E-state index contributed by atoms with van der Waals surface area (Å²) in [6.07, 6.45) is 0.358. The van der Waals surface area contributed by atoms with Crippen LogP contribution in [0.5, 0.6) is 5.75 Å². The van der Waals surface area contributed by atoms with Crippen molar-refractivity contribution in [3.05, 3.63) is 59.9 Å². The molecule has 1 aliphatic heterocycles. The molecule has 2 aromatic carbocycles. The Morgan fingerprint density at radius 1 is 1.20 bits per heavy atom. The number of hydrogen-bond acceptors (Lipinski definition) is 4. The van der Waals surface area contributed by atoms with E-state index in [9.17, 15) is 17.6 Å². The molecule has 132 valence electrons. The van der Waals surface area contributed by atoms with Gasteiger partial charge in [-0.15, -0.1) is 0 Å². The first-order chi connectivity index (χ1) is 11.9. The Kier molecular flexibility index (Phi) is 5.03. The van der Waals surface area contributed by atoms with E-state index in [-0.39, 0.29) is 29.8 Å². The number of anilines is 1. The van der Waals surface area contributed by atoms with Gasteiger partial charge >= 0.3 is 0 Å². The Balaban J connectivity index is 1.60. The lowest BCUT2D eigenvalue weighted by atomic mass is 10.1. The Morgan fingerprint density at radius 3 is 2.72 bits per heavy atom. The molecule has 5 nitrogen and oxygen atoms in total. The quantitative estimate of drug-likeness (QED) is 0.887. The van der Waals surface area contributed by atoms with Gasteiger partial charge in [0.15, 0.2) is 9.84 Å². The van der Waals surface area contributed by atoms with Gasteiger partial charge in [0.1, 0.15) is 18.2 Å². The van der Waals surface area contributed by atoms with Gasteiger partial charge in [-0.1, -0.05) is 18.2 Å². The average molecular weight is 363 g/mol. The predicted molar refractivity (Wildman–Crippen MR) is 92.6 cm³/mol. The first-order valence-electron chi connectivity index (χ1n) is 7.90. The maximum atomic E-state index is 13.1. The van der Waals surface area contributed by atoms with Gasteiger partial charge < -0.3 is 10.1 Å². The maximum Gasteiger partial charge on any atom is 0.228 e. The van der Waals surface area contributed by atoms with Crippen LogP contribution in [-0.2, 0) is 21.2 Å². The highest BCUT2D eigenvalue weighted by molar-refractivity contribution is 7.91. The summed E-state index contributed by atoms with van der Waals surface area (Å²) >= 11 is 0. The summed E-state index contributed by atoms with van der Waals surface area (Å²) in [7, 11) is -3.10. The van der Waals surface area contributed by atoms with Crippen LogP contribution in [0, 0.1) is 11.7 Å². The Hall–Kier alpha value is -2.41. The normalized spacial score (nSPS) is 18.7. The number of benzene rings is 2. The third-order valence-corrected chi connectivity index (χ3v) is 5.77. The highest BCUT2D eigenvalue weighted by Crippen LogP contribution is 2.21. The zero-order chi connectivity index (χ0) is 17.9. The van der Waals surface area contributed by atoms with E-state index in [4.69, 9.17) is 4.74 Å². The van der Waals surface area contributed by atoms with Crippen molar-refractivity contribution in [2.45, 2.75) is 13.0 Å². The monoisotopic (exact) mass is 363 g/mol. The van der Waals surface area contributed by atoms with Crippen molar-refractivity contribution in [3.63, 3.8) is 0 Å². The topological polar surface area (TPSA) is 72.5 Å². The Labute approximate surface area is 145 Å². The number of nitrogens with one attached hydrogen (secondary N) is 1. The molecule has 0 radical (unpaired) electrons. The van der Waals surface area contributed by atoms with Gasteiger partial charge in [-0.25, -0.2) is 12.8 Å². The molecule has 1 saturated heterocycles. The van der Waals surface area contributed by atoms with E-state index in [0.717, 1.165) is 5.56 Å². The molecule has 1 unspecified atom stereocenters. The van der Waals surface area contributed by atoms with Crippen LogP contribution in [-0.4, -0.2) is 25.8 Å². The van der Waals surface area contributed by atoms with Crippen molar-refractivity contribution < 1.29 is 22.3 Å². The van der Waals surface area contributed by atoms with E-state index >= 15 is 0 Å². The van der Waals surface area contributed by atoms with Crippen LogP contribution in [0.3, 0.4) is 0 Å². The van der Waals surface area contributed by atoms with Crippen LogP contribution < -0.4 is 10.1 Å². The molecular weight excluding hydrogens is 345 g/mol. The molecule has 1 fully saturated rings. The molecule has 0 aromatic heterocycles. The van der Waals surface area contributed by atoms with Crippen molar-refractivity contribution in [3.8, 4) is 5.75 Å². The molecule has 0 saturated carbocycles. The van der Waals surface area contributed by atoms with E-state index in [1.165, 1.54) is 12.1 Å². The highest BCUT2D eigenvalue weighted by atomic mass is 32.2. The van der Waals surface area contributed by atoms with Crippen molar-refractivity contribution >= 4 is 21.4 Å². The number of sulfone groups is 1. The fourth-order valence-electron chi connectivity index (χ4n) is 2.71. The molecule has 1 N–H and O–H groups in total. The zero-order valence-electron chi connectivity index (χ0n) is 13.4. The molecule has 1 aliphatic rings. The minimum absolute atomic E-state index is 0.0621. The number of ether oxygens (including phenoxy) is 1. The van der Waals surface area contributed by atoms with Gasteiger partial charge in [0.2, 0.25) is 5.91 Å². The second kappa shape index (κ2) is 7.23. The third-order valence-electron chi connectivity index (χ3n) is 4.00. The van der Waals surface area contributed by atoms with E-state index in [1.54, 1.807) is 30.3 Å². The van der Waals surface area contributed by atoms with Gasteiger partial charge in [0.05, 0.1) is 17.4 Å². The van der Waals surface area contributed by atoms with Crippen LogP contribution >= 0.6 is 0 Å². The van der Waals surface area contributed by atoms with Gasteiger partial charge in [0, 0.05) is 11.8 Å². The smallest absolute Gasteiger partial charge is 0.228 e. The summed E-state index contributed by atoms with van der Waals surface area (Å²) in [5, 5.41) is 2.75. The summed E-state index contributed by atoms with van der Waals surface area (Å²) < 4.78 is 41.6. The van der Waals surface area contributed by atoms with Gasteiger partial charge in [0.25, 0.3) is 0 Å². The maximum absolute atomic E-state index is 13.1. The van der Waals surface area contributed by atoms with Crippen molar-refractivity contribution in [2.75, 3.05) is 16.8 Å². The zero-order valence-corrected chi connectivity index (χ0v) is 14.3. The lowest BCUT2D eigenvalue weighted by Crippen LogP contribution is -2.23. The first kappa shape index (κ1) is 17.4. The highest BCUT2D eigenvalue weighted by Gasteiger charge is 2.32. The van der Waals surface area contributed by atoms with E-state index < -0.39 is 15.8 Å². The lowest BCUT2D eigenvalue weighted by Gasteiger charge is -2.11. The molecule has 1 atom stereocenters. The van der Waals surface area contributed by atoms with Crippen LogP contribution in [0.2, 0.25) is 0 Å². The number of carbonyl (C=O) groups excluding carboxylic acids is 1. The van der Waals surface area contributed by atoms with Gasteiger partial charge in [-0.3, -0.25) is 4.79 Å².